The van der Waals surface area contributed by atoms with E-state index in [-0.39, 0.29) is 11.6 Å². The lowest BCUT2D eigenvalue weighted by Crippen LogP contribution is -2.39. The Morgan fingerprint density at radius 3 is 3.12 bits per heavy atom. The van der Waals surface area contributed by atoms with Crippen molar-refractivity contribution in [2.45, 2.75) is 19.5 Å². The topological polar surface area (TPSA) is 64.7 Å². The molecule has 24 heavy (non-hydrogen) atoms. The van der Waals surface area contributed by atoms with Crippen LogP contribution in [-0.4, -0.2) is 43.8 Å². The second kappa shape index (κ2) is 6.12. The predicted octanol–water partition coefficient (Wildman–Crippen LogP) is 1.37. The molecule has 0 N–H and O–H groups in total. The highest BCUT2D eigenvalue weighted by atomic mass is 32.1. The summed E-state index contributed by atoms with van der Waals surface area (Å²) in [6, 6.07) is 5.88. The smallest absolute Gasteiger partial charge is 0.275 e. The van der Waals surface area contributed by atoms with Crippen LogP contribution in [0.3, 0.4) is 0 Å². The van der Waals surface area contributed by atoms with Crippen molar-refractivity contribution < 1.29 is 4.74 Å². The SMILES string of the molecule is Cc1cc(=O)n2nc(CN3CCOCC3c3cccn3C)sc2n1. The first kappa shape index (κ1) is 15.5. The third-order valence-electron chi connectivity index (χ3n) is 4.32. The lowest BCUT2D eigenvalue weighted by Gasteiger charge is -2.35. The summed E-state index contributed by atoms with van der Waals surface area (Å²) in [5.74, 6) is 0. The maximum atomic E-state index is 12.0. The van der Waals surface area contributed by atoms with Crippen LogP contribution in [0.2, 0.25) is 0 Å². The molecule has 1 unspecified atom stereocenters. The normalized spacial score (nSPS) is 19.2. The molecular weight excluding hydrogens is 326 g/mol. The maximum absolute atomic E-state index is 12.0. The summed E-state index contributed by atoms with van der Waals surface area (Å²) < 4.78 is 9.20. The number of morpholine rings is 1. The summed E-state index contributed by atoms with van der Waals surface area (Å²) >= 11 is 1.47. The molecule has 126 valence electrons. The van der Waals surface area contributed by atoms with Crippen molar-refractivity contribution in [1.29, 1.82) is 0 Å². The minimum atomic E-state index is -0.124. The van der Waals surface area contributed by atoms with Gasteiger partial charge in [0.1, 0.15) is 5.01 Å². The van der Waals surface area contributed by atoms with Crippen LogP contribution in [-0.2, 0) is 18.3 Å². The molecule has 0 saturated carbocycles. The molecule has 0 radical (unpaired) electrons. The number of aromatic nitrogens is 4. The minimum absolute atomic E-state index is 0.124. The average Bonchev–Trinajstić information content (AvgIpc) is 3.14. The summed E-state index contributed by atoms with van der Waals surface area (Å²) in [6.07, 6.45) is 2.05. The summed E-state index contributed by atoms with van der Waals surface area (Å²) in [7, 11) is 2.05. The number of ether oxygens (including phenoxy) is 1. The molecule has 8 heteroatoms. The number of hydrogen-bond acceptors (Lipinski definition) is 6. The fraction of sp³-hybridized carbons (Fsp3) is 0.438. The minimum Gasteiger partial charge on any atom is -0.378 e. The van der Waals surface area contributed by atoms with Crippen LogP contribution in [0.15, 0.2) is 29.2 Å². The highest BCUT2D eigenvalue weighted by Gasteiger charge is 2.27. The predicted molar refractivity (Wildman–Crippen MR) is 91.3 cm³/mol. The van der Waals surface area contributed by atoms with Gasteiger partial charge in [-0.1, -0.05) is 11.3 Å². The van der Waals surface area contributed by atoms with E-state index in [4.69, 9.17) is 4.74 Å². The molecule has 1 fully saturated rings. The first-order chi connectivity index (χ1) is 11.6. The van der Waals surface area contributed by atoms with Crippen molar-refractivity contribution >= 4 is 16.3 Å². The van der Waals surface area contributed by atoms with E-state index in [0.29, 0.717) is 24.7 Å². The summed E-state index contributed by atoms with van der Waals surface area (Å²) in [5, 5.41) is 5.35. The zero-order valence-electron chi connectivity index (χ0n) is 13.7. The molecule has 0 amide bonds. The van der Waals surface area contributed by atoms with E-state index in [2.05, 4.69) is 25.6 Å². The van der Waals surface area contributed by atoms with Crippen LogP contribution in [0.1, 0.15) is 22.4 Å². The Morgan fingerprint density at radius 2 is 2.33 bits per heavy atom. The molecule has 0 spiro atoms. The maximum Gasteiger partial charge on any atom is 0.275 e. The largest absolute Gasteiger partial charge is 0.378 e. The first-order valence-corrected chi connectivity index (χ1v) is 8.73. The molecule has 1 aliphatic heterocycles. The Hall–Kier alpha value is -2.03. The molecule has 0 aromatic carbocycles. The van der Waals surface area contributed by atoms with Crippen LogP contribution in [0.25, 0.3) is 4.96 Å². The van der Waals surface area contributed by atoms with Gasteiger partial charge in [-0.05, 0) is 19.1 Å². The van der Waals surface area contributed by atoms with E-state index in [1.165, 1.54) is 27.6 Å². The third-order valence-corrected chi connectivity index (χ3v) is 5.21. The summed E-state index contributed by atoms with van der Waals surface area (Å²) in [6.45, 7) is 4.73. The van der Waals surface area contributed by atoms with Gasteiger partial charge in [0.15, 0.2) is 0 Å². The van der Waals surface area contributed by atoms with Gasteiger partial charge in [0.2, 0.25) is 4.96 Å². The Morgan fingerprint density at radius 1 is 1.46 bits per heavy atom. The van der Waals surface area contributed by atoms with Crippen LogP contribution < -0.4 is 5.56 Å². The van der Waals surface area contributed by atoms with E-state index in [9.17, 15) is 4.79 Å². The Labute approximate surface area is 143 Å². The fourth-order valence-corrected chi connectivity index (χ4v) is 4.09. The molecule has 4 rings (SSSR count). The van der Waals surface area contributed by atoms with Gasteiger partial charge in [0.05, 0.1) is 25.8 Å². The van der Waals surface area contributed by atoms with Gasteiger partial charge >= 0.3 is 0 Å². The zero-order valence-corrected chi connectivity index (χ0v) is 14.5. The van der Waals surface area contributed by atoms with Crippen LogP contribution >= 0.6 is 11.3 Å². The quantitative estimate of drug-likeness (QED) is 0.717. The lowest BCUT2D eigenvalue weighted by atomic mass is 10.1. The summed E-state index contributed by atoms with van der Waals surface area (Å²) in [4.78, 5) is 19.4. The van der Waals surface area contributed by atoms with Crippen molar-refractivity contribution in [2.24, 2.45) is 7.05 Å². The molecule has 1 atom stereocenters. The third kappa shape index (κ3) is 2.77. The van der Waals surface area contributed by atoms with Crippen molar-refractivity contribution in [3.8, 4) is 0 Å². The standard InChI is InChI=1S/C16H19N5O2S/c1-11-8-15(22)21-16(17-11)24-14(18-21)9-20-6-7-23-10-13(20)12-4-3-5-19(12)2/h3-5,8,13H,6-7,9-10H2,1-2H3. The second-order valence-corrected chi connectivity index (χ2v) is 7.07. The lowest BCUT2D eigenvalue weighted by molar-refractivity contribution is -0.0153. The van der Waals surface area contributed by atoms with Gasteiger partial charge < -0.3 is 9.30 Å². The molecule has 4 heterocycles. The Bertz CT molecular complexity index is 928. The number of nitrogens with zero attached hydrogens (tertiary/aromatic N) is 5. The molecule has 1 aliphatic rings. The zero-order chi connectivity index (χ0) is 16.7. The first-order valence-electron chi connectivity index (χ1n) is 7.91. The van der Waals surface area contributed by atoms with E-state index < -0.39 is 0 Å². The number of rotatable bonds is 3. The van der Waals surface area contributed by atoms with E-state index in [1.54, 1.807) is 0 Å². The van der Waals surface area contributed by atoms with Gasteiger partial charge in [0, 0.05) is 37.2 Å². The summed E-state index contributed by atoms with van der Waals surface area (Å²) in [5.41, 5.74) is 1.83. The highest BCUT2D eigenvalue weighted by Crippen LogP contribution is 2.27. The van der Waals surface area contributed by atoms with Crippen LogP contribution in [0.4, 0.5) is 0 Å². The van der Waals surface area contributed by atoms with Crippen molar-refractivity contribution in [1.82, 2.24) is 24.1 Å². The van der Waals surface area contributed by atoms with Gasteiger partial charge in [-0.15, -0.1) is 0 Å². The van der Waals surface area contributed by atoms with E-state index >= 15 is 0 Å². The van der Waals surface area contributed by atoms with E-state index in [0.717, 1.165) is 17.2 Å². The molecule has 7 nitrogen and oxygen atoms in total. The number of aryl methyl sites for hydroxylation is 2. The van der Waals surface area contributed by atoms with Gasteiger partial charge in [-0.25, -0.2) is 4.98 Å². The second-order valence-electron chi connectivity index (χ2n) is 6.03. The molecule has 0 bridgehead atoms. The Balaban J connectivity index is 1.64. The molecule has 1 saturated heterocycles. The van der Waals surface area contributed by atoms with E-state index in [1.807, 2.05) is 26.2 Å². The van der Waals surface area contributed by atoms with Crippen LogP contribution in [0.5, 0.6) is 0 Å². The average molecular weight is 345 g/mol. The Kier molecular flexibility index (Phi) is 3.95. The van der Waals surface area contributed by atoms with Crippen LogP contribution in [0, 0.1) is 6.92 Å². The van der Waals surface area contributed by atoms with Crippen molar-refractivity contribution in [3.05, 3.63) is 51.1 Å². The van der Waals surface area contributed by atoms with Gasteiger partial charge in [0.25, 0.3) is 5.56 Å². The number of fused-ring (bicyclic) bond motifs is 1. The number of hydrogen-bond donors (Lipinski definition) is 0. The molecular formula is C16H19N5O2S. The highest BCUT2D eigenvalue weighted by molar-refractivity contribution is 7.16. The molecule has 0 aliphatic carbocycles. The molecule has 3 aromatic rings. The molecule has 3 aromatic heterocycles. The van der Waals surface area contributed by atoms with Crippen molar-refractivity contribution in [3.63, 3.8) is 0 Å². The van der Waals surface area contributed by atoms with Crippen molar-refractivity contribution in [2.75, 3.05) is 19.8 Å². The fourth-order valence-electron chi connectivity index (χ4n) is 3.12. The van der Waals surface area contributed by atoms with Gasteiger partial charge in [-0.3, -0.25) is 9.69 Å². The van der Waals surface area contributed by atoms with Gasteiger partial charge in [-0.2, -0.15) is 9.61 Å². The monoisotopic (exact) mass is 345 g/mol.